The van der Waals surface area contributed by atoms with Gasteiger partial charge >= 0.3 is 0 Å². The molecule has 9 heteroatoms. The molecule has 1 atom stereocenters. The highest BCUT2D eigenvalue weighted by molar-refractivity contribution is 6.03. The zero-order valence-corrected chi connectivity index (χ0v) is 21.6. The Balaban J connectivity index is 1.63. The summed E-state index contributed by atoms with van der Waals surface area (Å²) in [5.41, 5.74) is 2.64. The van der Waals surface area contributed by atoms with E-state index in [4.69, 9.17) is 19.3 Å². The molecule has 0 saturated carbocycles. The van der Waals surface area contributed by atoms with E-state index in [1.165, 1.54) is 35.2 Å². The van der Waals surface area contributed by atoms with Crippen molar-refractivity contribution in [2.75, 3.05) is 41.0 Å². The number of amides is 2. The number of hydrogen-bond acceptors (Lipinski definition) is 6. The molecule has 0 aliphatic carbocycles. The van der Waals surface area contributed by atoms with Crippen LogP contribution < -0.4 is 9.47 Å². The third kappa shape index (κ3) is 6.18. The first-order chi connectivity index (χ1) is 18.4. The van der Waals surface area contributed by atoms with Gasteiger partial charge in [0, 0.05) is 25.6 Å². The standard InChI is InChI=1S/C29H30FN3O5/c1-36-16-15-32(29(35)22-5-4-6-23(30)17-22)19-28(34)33-27(21-9-13-25(38-3)14-10-21)18-26(31-33)20-7-11-24(37-2)12-8-20/h4-14,17,27H,15-16,18-19H2,1-3H3. The van der Waals surface area contributed by atoms with Gasteiger partial charge < -0.3 is 19.1 Å². The Morgan fingerprint density at radius 3 is 2.24 bits per heavy atom. The van der Waals surface area contributed by atoms with Crippen LogP contribution in [0.5, 0.6) is 11.5 Å². The number of hydrogen-bond donors (Lipinski definition) is 0. The van der Waals surface area contributed by atoms with E-state index >= 15 is 0 Å². The molecule has 0 spiro atoms. The van der Waals surface area contributed by atoms with E-state index < -0.39 is 11.7 Å². The van der Waals surface area contributed by atoms with Crippen LogP contribution >= 0.6 is 0 Å². The highest BCUT2D eigenvalue weighted by atomic mass is 19.1. The van der Waals surface area contributed by atoms with E-state index in [1.807, 2.05) is 48.5 Å². The van der Waals surface area contributed by atoms with Gasteiger partial charge in [-0.1, -0.05) is 18.2 Å². The van der Waals surface area contributed by atoms with Crippen LogP contribution in [-0.4, -0.2) is 68.5 Å². The number of halogens is 1. The maximum absolute atomic E-state index is 13.8. The van der Waals surface area contributed by atoms with E-state index in [9.17, 15) is 14.0 Å². The van der Waals surface area contributed by atoms with Crippen LogP contribution in [0.15, 0.2) is 77.9 Å². The Bertz CT molecular complexity index is 1290. The fraction of sp³-hybridized carbons (Fsp3) is 0.276. The summed E-state index contributed by atoms with van der Waals surface area (Å²) >= 11 is 0. The lowest BCUT2D eigenvalue weighted by atomic mass is 9.98. The highest BCUT2D eigenvalue weighted by Gasteiger charge is 2.34. The molecule has 2 amide bonds. The maximum Gasteiger partial charge on any atom is 0.262 e. The lowest BCUT2D eigenvalue weighted by Crippen LogP contribution is -2.42. The minimum Gasteiger partial charge on any atom is -0.497 e. The number of rotatable bonds is 10. The van der Waals surface area contributed by atoms with Crippen LogP contribution in [0.25, 0.3) is 0 Å². The number of methoxy groups -OCH3 is 3. The summed E-state index contributed by atoms with van der Waals surface area (Å²) in [6, 6.07) is 20.0. The number of nitrogens with zero attached hydrogens (tertiary/aromatic N) is 3. The molecule has 1 unspecified atom stereocenters. The fourth-order valence-electron chi connectivity index (χ4n) is 4.28. The molecule has 3 aromatic carbocycles. The van der Waals surface area contributed by atoms with Crippen LogP contribution in [0.1, 0.15) is 33.9 Å². The molecule has 0 aromatic heterocycles. The largest absolute Gasteiger partial charge is 0.497 e. The third-order valence-electron chi connectivity index (χ3n) is 6.34. The monoisotopic (exact) mass is 519 g/mol. The summed E-state index contributed by atoms with van der Waals surface area (Å²) in [4.78, 5) is 28.2. The zero-order valence-electron chi connectivity index (χ0n) is 21.6. The third-order valence-corrected chi connectivity index (χ3v) is 6.34. The lowest BCUT2D eigenvalue weighted by molar-refractivity contribution is -0.133. The van der Waals surface area contributed by atoms with Gasteiger partial charge in [-0.25, -0.2) is 9.40 Å². The van der Waals surface area contributed by atoms with Crippen LogP contribution in [0.4, 0.5) is 4.39 Å². The molecular weight excluding hydrogens is 489 g/mol. The topological polar surface area (TPSA) is 80.7 Å². The van der Waals surface area contributed by atoms with Crippen molar-refractivity contribution in [2.45, 2.75) is 12.5 Å². The first-order valence-corrected chi connectivity index (χ1v) is 12.1. The average Bonchev–Trinajstić information content (AvgIpc) is 3.40. The van der Waals surface area contributed by atoms with Crippen molar-refractivity contribution >= 4 is 17.5 Å². The van der Waals surface area contributed by atoms with E-state index in [0.717, 1.165) is 28.7 Å². The normalized spacial score (nSPS) is 14.7. The van der Waals surface area contributed by atoms with Gasteiger partial charge in [-0.3, -0.25) is 9.59 Å². The Morgan fingerprint density at radius 2 is 1.63 bits per heavy atom. The van der Waals surface area contributed by atoms with Crippen LogP contribution in [0.2, 0.25) is 0 Å². The summed E-state index contributed by atoms with van der Waals surface area (Å²) in [6.07, 6.45) is 0.486. The van der Waals surface area contributed by atoms with Gasteiger partial charge in [0.2, 0.25) is 0 Å². The van der Waals surface area contributed by atoms with Gasteiger partial charge in [0.05, 0.1) is 32.6 Å². The molecule has 1 aliphatic heterocycles. The van der Waals surface area contributed by atoms with Crippen molar-refractivity contribution in [1.29, 1.82) is 0 Å². The first-order valence-electron chi connectivity index (χ1n) is 12.1. The number of carbonyl (C=O) groups is 2. The lowest BCUT2D eigenvalue weighted by Gasteiger charge is -2.27. The summed E-state index contributed by atoms with van der Waals surface area (Å²) in [7, 11) is 4.70. The summed E-state index contributed by atoms with van der Waals surface area (Å²) in [6.45, 7) is 0.134. The zero-order chi connectivity index (χ0) is 27.1. The van der Waals surface area contributed by atoms with Crippen LogP contribution in [0, 0.1) is 5.82 Å². The van der Waals surface area contributed by atoms with Crippen molar-refractivity contribution in [3.8, 4) is 11.5 Å². The number of carbonyl (C=O) groups excluding carboxylic acids is 2. The Labute approximate surface area is 221 Å². The molecule has 38 heavy (non-hydrogen) atoms. The Morgan fingerprint density at radius 1 is 0.974 bits per heavy atom. The van der Waals surface area contributed by atoms with Crippen LogP contribution in [-0.2, 0) is 9.53 Å². The number of ether oxygens (including phenoxy) is 3. The molecule has 4 rings (SSSR count). The molecule has 0 bridgehead atoms. The molecule has 0 N–H and O–H groups in total. The smallest absolute Gasteiger partial charge is 0.262 e. The number of benzene rings is 3. The Hall–Kier alpha value is -4.24. The van der Waals surface area contributed by atoms with Crippen molar-refractivity contribution in [2.24, 2.45) is 5.10 Å². The predicted molar refractivity (Wildman–Crippen MR) is 141 cm³/mol. The minimum absolute atomic E-state index is 0.157. The summed E-state index contributed by atoms with van der Waals surface area (Å²) < 4.78 is 29.5. The quantitative estimate of drug-likeness (QED) is 0.399. The SMILES string of the molecule is COCCN(CC(=O)N1N=C(c2ccc(OC)cc2)CC1c1ccc(OC)cc1)C(=O)c1cccc(F)c1. The van der Waals surface area contributed by atoms with Gasteiger partial charge in [-0.15, -0.1) is 0 Å². The minimum atomic E-state index is -0.526. The maximum atomic E-state index is 13.8. The fourth-order valence-corrected chi connectivity index (χ4v) is 4.28. The summed E-state index contributed by atoms with van der Waals surface area (Å²) in [5.74, 6) is 0.0651. The van der Waals surface area contributed by atoms with Crippen molar-refractivity contribution in [3.63, 3.8) is 0 Å². The molecule has 0 fully saturated rings. The summed E-state index contributed by atoms with van der Waals surface area (Å²) in [5, 5.41) is 6.12. The molecule has 3 aromatic rings. The average molecular weight is 520 g/mol. The molecule has 0 radical (unpaired) electrons. The van der Waals surface area contributed by atoms with Gasteiger partial charge in [0.1, 0.15) is 23.9 Å². The molecular formula is C29H30FN3O5. The molecule has 1 heterocycles. The van der Waals surface area contributed by atoms with E-state index in [2.05, 4.69) is 0 Å². The van der Waals surface area contributed by atoms with Crippen LogP contribution in [0.3, 0.4) is 0 Å². The first kappa shape index (κ1) is 26.8. The van der Waals surface area contributed by atoms with E-state index in [0.29, 0.717) is 12.2 Å². The second-order valence-corrected chi connectivity index (χ2v) is 8.74. The van der Waals surface area contributed by atoms with Gasteiger partial charge in [-0.2, -0.15) is 5.10 Å². The van der Waals surface area contributed by atoms with Crippen molar-refractivity contribution in [3.05, 3.63) is 95.3 Å². The van der Waals surface area contributed by atoms with E-state index in [1.54, 1.807) is 14.2 Å². The van der Waals surface area contributed by atoms with Crippen molar-refractivity contribution < 1.29 is 28.2 Å². The molecule has 0 saturated heterocycles. The van der Waals surface area contributed by atoms with Gasteiger partial charge in [-0.05, 0) is 65.7 Å². The molecule has 8 nitrogen and oxygen atoms in total. The van der Waals surface area contributed by atoms with Gasteiger partial charge in [0.15, 0.2) is 0 Å². The van der Waals surface area contributed by atoms with Gasteiger partial charge in [0.25, 0.3) is 11.8 Å². The Kier molecular flexibility index (Phi) is 8.70. The van der Waals surface area contributed by atoms with Crippen molar-refractivity contribution in [1.82, 2.24) is 9.91 Å². The van der Waals surface area contributed by atoms with E-state index in [-0.39, 0.29) is 37.2 Å². The predicted octanol–water partition coefficient (Wildman–Crippen LogP) is 4.31. The molecule has 1 aliphatic rings. The highest BCUT2D eigenvalue weighted by Crippen LogP contribution is 2.34. The number of hydrazone groups is 1. The molecule has 198 valence electrons. The second kappa shape index (κ2) is 12.3. The second-order valence-electron chi connectivity index (χ2n) is 8.74.